The fourth-order valence-electron chi connectivity index (χ4n) is 1.48. The van der Waals surface area contributed by atoms with Crippen molar-refractivity contribution in [2.24, 2.45) is 5.73 Å². The maximum absolute atomic E-state index is 9.89. The molecule has 0 saturated carbocycles. The largest absolute Gasteiger partial charge is 0.389 e. The highest BCUT2D eigenvalue weighted by Crippen LogP contribution is 2.15. The first-order chi connectivity index (χ1) is 7.18. The molecule has 0 aliphatic heterocycles. The summed E-state index contributed by atoms with van der Waals surface area (Å²) in [4.78, 5) is 0. The summed E-state index contributed by atoms with van der Waals surface area (Å²) in [6, 6.07) is 0. The number of rotatable bonds is 10. The van der Waals surface area contributed by atoms with Gasteiger partial charge in [0, 0.05) is 19.8 Å². The second-order valence-corrected chi connectivity index (χ2v) is 4.21. The van der Waals surface area contributed by atoms with Crippen LogP contribution in [-0.2, 0) is 4.74 Å². The molecule has 0 aromatic rings. The molecule has 15 heavy (non-hydrogen) atoms. The van der Waals surface area contributed by atoms with Crippen LogP contribution in [0, 0.1) is 0 Å². The van der Waals surface area contributed by atoms with Crippen LogP contribution >= 0.6 is 0 Å². The van der Waals surface area contributed by atoms with Crippen LogP contribution in [0.2, 0.25) is 0 Å². The molecule has 1 atom stereocenters. The molecule has 3 heteroatoms. The van der Waals surface area contributed by atoms with E-state index in [0.29, 0.717) is 6.54 Å². The predicted molar refractivity (Wildman–Crippen MR) is 63.9 cm³/mol. The molecule has 0 saturated heterocycles. The fraction of sp³-hybridized carbons (Fsp3) is 1.00. The van der Waals surface area contributed by atoms with Crippen LogP contribution in [0.4, 0.5) is 0 Å². The number of unbranched alkanes of at least 4 members (excludes halogenated alkanes) is 2. The monoisotopic (exact) mass is 217 g/mol. The molecule has 3 N–H and O–H groups in total. The molecule has 0 amide bonds. The summed E-state index contributed by atoms with van der Waals surface area (Å²) in [7, 11) is 0. The first-order valence-electron chi connectivity index (χ1n) is 6.18. The lowest BCUT2D eigenvalue weighted by atomic mass is 9.95. The Morgan fingerprint density at radius 1 is 1.13 bits per heavy atom. The van der Waals surface area contributed by atoms with Gasteiger partial charge in [-0.1, -0.05) is 26.7 Å². The Morgan fingerprint density at radius 3 is 2.33 bits per heavy atom. The minimum Gasteiger partial charge on any atom is -0.389 e. The zero-order valence-corrected chi connectivity index (χ0v) is 10.3. The van der Waals surface area contributed by atoms with Gasteiger partial charge in [-0.2, -0.15) is 0 Å². The highest BCUT2D eigenvalue weighted by molar-refractivity contribution is 4.77. The molecule has 0 heterocycles. The van der Waals surface area contributed by atoms with E-state index in [-0.39, 0.29) is 0 Å². The lowest BCUT2D eigenvalue weighted by molar-refractivity contribution is 0.0233. The molecule has 92 valence electrons. The van der Waals surface area contributed by atoms with Crippen LogP contribution < -0.4 is 5.73 Å². The molecule has 0 aromatic heterocycles. The SMILES string of the molecule is CCCCCOCCCC(O)(CC)CN. The van der Waals surface area contributed by atoms with E-state index >= 15 is 0 Å². The molecule has 0 aliphatic carbocycles. The smallest absolute Gasteiger partial charge is 0.0767 e. The Labute approximate surface area is 94.0 Å². The van der Waals surface area contributed by atoms with Gasteiger partial charge in [0.2, 0.25) is 0 Å². The third-order valence-corrected chi connectivity index (χ3v) is 2.86. The number of aliphatic hydroxyl groups is 1. The maximum atomic E-state index is 9.89. The van der Waals surface area contributed by atoms with Crippen LogP contribution in [0.3, 0.4) is 0 Å². The molecule has 0 fully saturated rings. The van der Waals surface area contributed by atoms with Crippen LogP contribution in [0.1, 0.15) is 52.4 Å². The Balaban J connectivity index is 3.29. The first-order valence-corrected chi connectivity index (χ1v) is 6.18. The molecule has 0 rings (SSSR count). The van der Waals surface area contributed by atoms with Crippen molar-refractivity contribution in [2.45, 2.75) is 58.0 Å². The Morgan fingerprint density at radius 2 is 1.80 bits per heavy atom. The molecular weight excluding hydrogens is 190 g/mol. The summed E-state index contributed by atoms with van der Waals surface area (Å²) in [5.74, 6) is 0. The Hall–Kier alpha value is -0.120. The van der Waals surface area contributed by atoms with Gasteiger partial charge in [-0.15, -0.1) is 0 Å². The molecule has 3 nitrogen and oxygen atoms in total. The van der Waals surface area contributed by atoms with E-state index < -0.39 is 5.60 Å². The summed E-state index contributed by atoms with van der Waals surface area (Å²) in [5, 5.41) is 9.89. The van der Waals surface area contributed by atoms with E-state index in [2.05, 4.69) is 6.92 Å². The van der Waals surface area contributed by atoms with Crippen LogP contribution in [0.25, 0.3) is 0 Å². The van der Waals surface area contributed by atoms with Crippen LogP contribution in [0.15, 0.2) is 0 Å². The first kappa shape index (κ1) is 14.9. The topological polar surface area (TPSA) is 55.5 Å². The van der Waals surface area contributed by atoms with E-state index in [0.717, 1.165) is 38.9 Å². The van der Waals surface area contributed by atoms with Crippen LogP contribution in [-0.4, -0.2) is 30.5 Å². The van der Waals surface area contributed by atoms with Gasteiger partial charge in [0.15, 0.2) is 0 Å². The molecule has 0 bridgehead atoms. The van der Waals surface area contributed by atoms with Crippen LogP contribution in [0.5, 0.6) is 0 Å². The summed E-state index contributed by atoms with van der Waals surface area (Å²) in [5.41, 5.74) is 4.83. The van der Waals surface area contributed by atoms with E-state index in [4.69, 9.17) is 10.5 Å². The normalized spacial score (nSPS) is 15.2. The third-order valence-electron chi connectivity index (χ3n) is 2.86. The highest BCUT2D eigenvalue weighted by Gasteiger charge is 2.21. The molecule has 0 aliphatic rings. The van der Waals surface area contributed by atoms with E-state index in [1.165, 1.54) is 12.8 Å². The number of nitrogens with two attached hydrogens (primary N) is 1. The van der Waals surface area contributed by atoms with Gasteiger partial charge >= 0.3 is 0 Å². The molecular formula is C12H27NO2. The average Bonchev–Trinajstić information content (AvgIpc) is 2.27. The summed E-state index contributed by atoms with van der Waals surface area (Å²) in [6.45, 7) is 6.09. The molecule has 1 unspecified atom stereocenters. The van der Waals surface area contributed by atoms with Gasteiger partial charge in [-0.05, 0) is 25.7 Å². The number of ether oxygens (including phenoxy) is 1. The van der Waals surface area contributed by atoms with Crippen molar-refractivity contribution in [3.8, 4) is 0 Å². The Bertz CT molecular complexity index is 136. The standard InChI is InChI=1S/C12H27NO2/c1-3-5-6-9-15-10-7-8-12(14,4-2)11-13/h14H,3-11,13H2,1-2H3. The van der Waals surface area contributed by atoms with Crippen molar-refractivity contribution in [1.29, 1.82) is 0 Å². The average molecular weight is 217 g/mol. The fourth-order valence-corrected chi connectivity index (χ4v) is 1.48. The van der Waals surface area contributed by atoms with Gasteiger partial charge in [-0.25, -0.2) is 0 Å². The van der Waals surface area contributed by atoms with Crippen molar-refractivity contribution in [2.75, 3.05) is 19.8 Å². The lowest BCUT2D eigenvalue weighted by Gasteiger charge is -2.24. The molecule has 0 aromatic carbocycles. The van der Waals surface area contributed by atoms with Gasteiger partial charge in [0.1, 0.15) is 0 Å². The summed E-state index contributed by atoms with van der Waals surface area (Å²) < 4.78 is 5.47. The Kier molecular flexibility index (Phi) is 9.06. The zero-order valence-electron chi connectivity index (χ0n) is 10.3. The second kappa shape index (κ2) is 9.13. The van der Waals surface area contributed by atoms with E-state index in [1.807, 2.05) is 6.92 Å². The van der Waals surface area contributed by atoms with Gasteiger partial charge in [-0.3, -0.25) is 0 Å². The quantitative estimate of drug-likeness (QED) is 0.551. The molecule has 0 radical (unpaired) electrons. The second-order valence-electron chi connectivity index (χ2n) is 4.21. The highest BCUT2D eigenvalue weighted by atomic mass is 16.5. The number of hydrogen-bond acceptors (Lipinski definition) is 3. The van der Waals surface area contributed by atoms with Crippen molar-refractivity contribution in [3.05, 3.63) is 0 Å². The maximum Gasteiger partial charge on any atom is 0.0767 e. The minimum absolute atomic E-state index is 0.347. The van der Waals surface area contributed by atoms with Crippen molar-refractivity contribution < 1.29 is 9.84 Å². The van der Waals surface area contributed by atoms with Gasteiger partial charge in [0.25, 0.3) is 0 Å². The minimum atomic E-state index is -0.674. The predicted octanol–water partition coefficient (Wildman–Crippen LogP) is 2.07. The van der Waals surface area contributed by atoms with E-state index in [9.17, 15) is 5.11 Å². The van der Waals surface area contributed by atoms with Gasteiger partial charge in [0.05, 0.1) is 5.60 Å². The lowest BCUT2D eigenvalue weighted by Crippen LogP contribution is -2.37. The van der Waals surface area contributed by atoms with E-state index in [1.54, 1.807) is 0 Å². The zero-order chi connectivity index (χ0) is 11.6. The van der Waals surface area contributed by atoms with Crippen molar-refractivity contribution in [3.63, 3.8) is 0 Å². The summed E-state index contributed by atoms with van der Waals surface area (Å²) in [6.07, 6.45) is 5.97. The third kappa shape index (κ3) is 7.77. The number of hydrogen-bond donors (Lipinski definition) is 2. The summed E-state index contributed by atoms with van der Waals surface area (Å²) >= 11 is 0. The van der Waals surface area contributed by atoms with Crippen molar-refractivity contribution >= 4 is 0 Å². The molecule has 0 spiro atoms. The van der Waals surface area contributed by atoms with Crippen molar-refractivity contribution in [1.82, 2.24) is 0 Å². The van der Waals surface area contributed by atoms with Gasteiger partial charge < -0.3 is 15.6 Å².